The molecule has 1 N–H and O–H groups in total. The number of carbonyl (C=O) groups excluding carboxylic acids is 1. The highest BCUT2D eigenvalue weighted by molar-refractivity contribution is 6.09. The van der Waals surface area contributed by atoms with Crippen LogP contribution in [0.15, 0.2) is 97.2 Å². The maximum absolute atomic E-state index is 12.5. The van der Waals surface area contributed by atoms with Crippen molar-refractivity contribution in [3.05, 3.63) is 108 Å². The first-order chi connectivity index (χ1) is 14.3. The summed E-state index contributed by atoms with van der Waals surface area (Å²) < 4.78 is 0. The number of ketones is 1. The second kappa shape index (κ2) is 7.17. The zero-order valence-corrected chi connectivity index (χ0v) is 15.5. The largest absolute Gasteiger partial charge is 0.339 e. The Morgan fingerprint density at radius 2 is 1.31 bits per heavy atom. The van der Waals surface area contributed by atoms with Crippen LogP contribution in [0.4, 0.5) is 11.5 Å². The predicted molar refractivity (Wildman–Crippen MR) is 117 cm³/mol. The van der Waals surface area contributed by atoms with Crippen molar-refractivity contribution in [3.8, 4) is 0 Å². The lowest BCUT2D eigenvalue weighted by atomic mass is 10.0. The van der Waals surface area contributed by atoms with Crippen LogP contribution in [0.2, 0.25) is 0 Å². The van der Waals surface area contributed by atoms with Gasteiger partial charge in [0, 0.05) is 16.8 Å². The number of nitrogens with zero attached hydrogens (tertiary/aromatic N) is 2. The lowest BCUT2D eigenvalue weighted by molar-refractivity contribution is 0.103. The Bertz CT molecular complexity index is 1330. The van der Waals surface area contributed by atoms with Crippen molar-refractivity contribution < 1.29 is 4.79 Å². The van der Waals surface area contributed by atoms with E-state index in [0.717, 1.165) is 27.5 Å². The number of nitrogens with one attached hydrogen (secondary N) is 1. The van der Waals surface area contributed by atoms with Crippen LogP contribution < -0.4 is 5.32 Å². The lowest BCUT2D eigenvalue weighted by Gasteiger charge is -2.08. The molecule has 0 fully saturated rings. The Labute approximate surface area is 167 Å². The van der Waals surface area contributed by atoms with E-state index in [2.05, 4.69) is 27.4 Å². The molecule has 4 aromatic carbocycles. The summed E-state index contributed by atoms with van der Waals surface area (Å²) in [5.74, 6) is 0.671. The molecule has 0 radical (unpaired) electrons. The fourth-order valence-electron chi connectivity index (χ4n) is 3.37. The summed E-state index contributed by atoms with van der Waals surface area (Å²) in [6.07, 6.45) is 1.72. The Hall–Kier alpha value is -4.05. The number of anilines is 2. The van der Waals surface area contributed by atoms with Crippen molar-refractivity contribution in [3.63, 3.8) is 0 Å². The minimum absolute atomic E-state index is 0.00882. The standard InChI is InChI=1S/C25H17N3O/c29-25(17-6-2-1-3-7-17)18-10-12-21(13-11-18)27-24-16-26-22-14-19-8-4-5-9-20(19)15-23(22)28-24/h1-16H,(H,27,28). The normalized spacial score (nSPS) is 10.9. The van der Waals surface area contributed by atoms with E-state index in [1.54, 1.807) is 6.20 Å². The lowest BCUT2D eigenvalue weighted by Crippen LogP contribution is -2.01. The second-order valence-electron chi connectivity index (χ2n) is 6.84. The third kappa shape index (κ3) is 3.44. The Morgan fingerprint density at radius 3 is 2.03 bits per heavy atom. The summed E-state index contributed by atoms with van der Waals surface area (Å²) in [5, 5.41) is 5.55. The molecule has 138 valence electrons. The van der Waals surface area contributed by atoms with Gasteiger partial charge in [0.15, 0.2) is 5.78 Å². The molecule has 4 nitrogen and oxygen atoms in total. The van der Waals surface area contributed by atoms with Crippen molar-refractivity contribution in [1.29, 1.82) is 0 Å². The number of carbonyl (C=O) groups is 1. The van der Waals surface area contributed by atoms with E-state index in [-0.39, 0.29) is 5.78 Å². The van der Waals surface area contributed by atoms with Crippen LogP contribution in [-0.4, -0.2) is 15.8 Å². The molecule has 0 atom stereocenters. The van der Waals surface area contributed by atoms with Gasteiger partial charge >= 0.3 is 0 Å². The van der Waals surface area contributed by atoms with Crippen LogP contribution in [-0.2, 0) is 0 Å². The van der Waals surface area contributed by atoms with E-state index < -0.39 is 0 Å². The van der Waals surface area contributed by atoms with Gasteiger partial charge in [-0.1, -0.05) is 54.6 Å². The molecule has 0 aliphatic rings. The molecule has 4 heteroatoms. The van der Waals surface area contributed by atoms with Gasteiger partial charge in [0.05, 0.1) is 17.2 Å². The molecule has 0 bridgehead atoms. The van der Waals surface area contributed by atoms with Crippen molar-refractivity contribution in [2.24, 2.45) is 0 Å². The number of rotatable bonds is 4. The molecule has 0 saturated heterocycles. The van der Waals surface area contributed by atoms with Gasteiger partial charge in [-0.05, 0) is 47.2 Å². The van der Waals surface area contributed by atoms with Gasteiger partial charge in [-0.3, -0.25) is 9.78 Å². The molecule has 0 spiro atoms. The molecule has 0 saturated carbocycles. The van der Waals surface area contributed by atoms with Crippen LogP contribution in [0.5, 0.6) is 0 Å². The smallest absolute Gasteiger partial charge is 0.193 e. The molecule has 1 heterocycles. The van der Waals surface area contributed by atoms with Gasteiger partial charge in [0.1, 0.15) is 5.82 Å². The third-order valence-corrected chi connectivity index (χ3v) is 4.87. The van der Waals surface area contributed by atoms with Crippen molar-refractivity contribution in [2.45, 2.75) is 0 Å². The summed E-state index contributed by atoms with van der Waals surface area (Å²) in [5.41, 5.74) is 3.88. The van der Waals surface area contributed by atoms with E-state index in [9.17, 15) is 4.79 Å². The number of benzene rings is 4. The molecular formula is C25H17N3O. The monoisotopic (exact) mass is 375 g/mol. The van der Waals surface area contributed by atoms with E-state index in [4.69, 9.17) is 0 Å². The minimum atomic E-state index is 0.00882. The van der Waals surface area contributed by atoms with Gasteiger partial charge in [0.2, 0.25) is 0 Å². The summed E-state index contributed by atoms with van der Waals surface area (Å²) in [6, 6.07) is 28.9. The van der Waals surface area contributed by atoms with Crippen LogP contribution in [0.25, 0.3) is 21.8 Å². The first-order valence-corrected chi connectivity index (χ1v) is 9.39. The van der Waals surface area contributed by atoms with Gasteiger partial charge in [-0.2, -0.15) is 0 Å². The third-order valence-electron chi connectivity index (χ3n) is 4.87. The molecule has 29 heavy (non-hydrogen) atoms. The molecule has 0 aliphatic heterocycles. The maximum atomic E-state index is 12.5. The number of fused-ring (bicyclic) bond motifs is 2. The number of hydrogen-bond donors (Lipinski definition) is 1. The van der Waals surface area contributed by atoms with Crippen LogP contribution in [0.1, 0.15) is 15.9 Å². The van der Waals surface area contributed by atoms with E-state index in [0.29, 0.717) is 16.9 Å². The fraction of sp³-hybridized carbons (Fsp3) is 0. The van der Waals surface area contributed by atoms with Gasteiger partial charge in [-0.25, -0.2) is 4.98 Å². The molecule has 0 unspecified atom stereocenters. The second-order valence-corrected chi connectivity index (χ2v) is 6.84. The topological polar surface area (TPSA) is 54.9 Å². The zero-order valence-electron chi connectivity index (χ0n) is 15.5. The predicted octanol–water partition coefficient (Wildman–Crippen LogP) is 5.76. The van der Waals surface area contributed by atoms with Crippen LogP contribution in [0, 0.1) is 0 Å². The average molecular weight is 375 g/mol. The quantitative estimate of drug-likeness (QED) is 0.321. The maximum Gasteiger partial charge on any atom is 0.193 e. The molecule has 0 aliphatic carbocycles. The van der Waals surface area contributed by atoms with E-state index >= 15 is 0 Å². The number of hydrogen-bond acceptors (Lipinski definition) is 4. The van der Waals surface area contributed by atoms with Gasteiger partial charge in [0.25, 0.3) is 0 Å². The fourth-order valence-corrected chi connectivity index (χ4v) is 3.37. The van der Waals surface area contributed by atoms with Crippen molar-refractivity contribution in [1.82, 2.24) is 9.97 Å². The summed E-state index contributed by atoms with van der Waals surface area (Å²) in [6.45, 7) is 0. The van der Waals surface area contributed by atoms with Gasteiger partial charge in [-0.15, -0.1) is 0 Å². The van der Waals surface area contributed by atoms with Crippen molar-refractivity contribution >= 4 is 39.1 Å². The first kappa shape index (κ1) is 17.1. The summed E-state index contributed by atoms with van der Waals surface area (Å²) >= 11 is 0. The summed E-state index contributed by atoms with van der Waals surface area (Å²) in [4.78, 5) is 21.7. The number of aromatic nitrogens is 2. The van der Waals surface area contributed by atoms with E-state index in [1.807, 2.05) is 78.9 Å². The Morgan fingerprint density at radius 1 is 0.690 bits per heavy atom. The molecule has 5 aromatic rings. The highest BCUT2D eigenvalue weighted by Crippen LogP contribution is 2.23. The van der Waals surface area contributed by atoms with Crippen LogP contribution in [0.3, 0.4) is 0 Å². The highest BCUT2D eigenvalue weighted by atomic mass is 16.1. The molecule has 5 rings (SSSR count). The zero-order chi connectivity index (χ0) is 19.6. The van der Waals surface area contributed by atoms with Crippen LogP contribution >= 0.6 is 0 Å². The first-order valence-electron chi connectivity index (χ1n) is 9.39. The molecular weight excluding hydrogens is 358 g/mol. The van der Waals surface area contributed by atoms with Gasteiger partial charge < -0.3 is 5.32 Å². The highest BCUT2D eigenvalue weighted by Gasteiger charge is 2.08. The van der Waals surface area contributed by atoms with E-state index in [1.165, 1.54) is 0 Å². The summed E-state index contributed by atoms with van der Waals surface area (Å²) in [7, 11) is 0. The Balaban J connectivity index is 1.40. The SMILES string of the molecule is O=C(c1ccccc1)c1ccc(Nc2cnc3cc4ccccc4cc3n2)cc1. The minimum Gasteiger partial charge on any atom is -0.339 e. The molecule has 0 amide bonds. The van der Waals surface area contributed by atoms with Crippen molar-refractivity contribution in [2.75, 3.05) is 5.32 Å². The molecule has 1 aromatic heterocycles. The average Bonchev–Trinajstić information content (AvgIpc) is 2.78. The Kier molecular flexibility index (Phi) is 4.22.